The van der Waals surface area contributed by atoms with Crippen molar-refractivity contribution in [3.8, 4) is 5.75 Å². The molecule has 0 N–H and O–H groups in total. The molecule has 4 rings (SSSR count). The first-order chi connectivity index (χ1) is 14.8. The van der Waals surface area contributed by atoms with Crippen molar-refractivity contribution in [1.82, 2.24) is 4.90 Å². The highest BCUT2D eigenvalue weighted by Crippen LogP contribution is 2.35. The van der Waals surface area contributed by atoms with Crippen molar-refractivity contribution in [1.29, 1.82) is 0 Å². The monoisotopic (exact) mass is 437 g/mol. The molecule has 2 atom stereocenters. The fourth-order valence-electron chi connectivity index (χ4n) is 3.80. The Morgan fingerprint density at radius 1 is 1.13 bits per heavy atom. The van der Waals surface area contributed by atoms with Gasteiger partial charge in [-0.15, -0.1) is 13.2 Å². The fraction of sp³-hybridized carbons (Fsp3) is 0.318. The number of amides is 1. The molecule has 0 radical (unpaired) electrons. The predicted molar refractivity (Wildman–Crippen MR) is 103 cm³/mol. The van der Waals surface area contributed by atoms with Gasteiger partial charge in [0.2, 0.25) is 0 Å². The average molecular weight is 437 g/mol. The molecule has 31 heavy (non-hydrogen) atoms. The van der Waals surface area contributed by atoms with Gasteiger partial charge >= 0.3 is 12.5 Å². The molecule has 0 aromatic heterocycles. The zero-order valence-corrected chi connectivity index (χ0v) is 16.3. The molecule has 1 fully saturated rings. The minimum absolute atomic E-state index is 0.138. The first-order valence-corrected chi connectivity index (χ1v) is 9.63. The molecular weight excluding hydrogens is 418 g/mol. The summed E-state index contributed by atoms with van der Waals surface area (Å²) in [6, 6.07) is 11.9. The van der Waals surface area contributed by atoms with Crippen LogP contribution in [0.1, 0.15) is 17.5 Å². The molecule has 5 nitrogen and oxygen atoms in total. The standard InChI is InChI=1S/C22H19F4NO4/c23-19-10-15(6-7-20(19)31-22(24,25)26)16-8-17-12-29-13-18(9-16)27(17)21(28)30-11-14-4-2-1-3-5-14/h1-8,10,17-18H,9,11-13H2. The van der Waals surface area contributed by atoms with Gasteiger partial charge in [-0.25, -0.2) is 9.18 Å². The van der Waals surface area contributed by atoms with Crippen molar-refractivity contribution < 1.29 is 36.6 Å². The summed E-state index contributed by atoms with van der Waals surface area (Å²) >= 11 is 0. The maximum absolute atomic E-state index is 14.1. The quantitative estimate of drug-likeness (QED) is 0.638. The minimum Gasteiger partial charge on any atom is -0.445 e. The van der Waals surface area contributed by atoms with Gasteiger partial charge in [0, 0.05) is 0 Å². The number of fused-ring (bicyclic) bond motifs is 2. The van der Waals surface area contributed by atoms with Gasteiger partial charge in [-0.3, -0.25) is 4.90 Å². The Morgan fingerprint density at radius 3 is 2.58 bits per heavy atom. The Labute approximate surface area is 175 Å². The van der Waals surface area contributed by atoms with Crippen LogP contribution in [-0.2, 0) is 16.1 Å². The Morgan fingerprint density at radius 2 is 1.90 bits per heavy atom. The molecule has 0 aliphatic carbocycles. The molecule has 0 saturated carbocycles. The van der Waals surface area contributed by atoms with E-state index < -0.39 is 30.1 Å². The first kappa shape index (κ1) is 21.2. The van der Waals surface area contributed by atoms with Crippen LogP contribution in [0.15, 0.2) is 54.6 Å². The highest BCUT2D eigenvalue weighted by atomic mass is 19.4. The molecule has 2 heterocycles. The zero-order valence-electron chi connectivity index (χ0n) is 16.3. The smallest absolute Gasteiger partial charge is 0.445 e. The van der Waals surface area contributed by atoms with Gasteiger partial charge in [-0.2, -0.15) is 0 Å². The van der Waals surface area contributed by atoms with Crippen LogP contribution in [-0.4, -0.2) is 42.7 Å². The molecule has 2 aromatic carbocycles. The van der Waals surface area contributed by atoms with Crippen LogP contribution in [0.5, 0.6) is 5.75 Å². The normalized spacial score (nSPS) is 20.8. The van der Waals surface area contributed by atoms with Crippen LogP contribution in [0.4, 0.5) is 22.4 Å². The molecule has 1 saturated heterocycles. The van der Waals surface area contributed by atoms with E-state index in [0.29, 0.717) is 12.0 Å². The van der Waals surface area contributed by atoms with E-state index in [9.17, 15) is 22.4 Å². The first-order valence-electron chi connectivity index (χ1n) is 9.63. The third-order valence-electron chi connectivity index (χ3n) is 5.14. The van der Waals surface area contributed by atoms with E-state index in [-0.39, 0.29) is 25.9 Å². The Hall–Kier alpha value is -3.07. The van der Waals surface area contributed by atoms with Crippen molar-refractivity contribution in [2.24, 2.45) is 0 Å². The van der Waals surface area contributed by atoms with Crippen LogP contribution in [0.25, 0.3) is 5.57 Å². The number of benzene rings is 2. The minimum atomic E-state index is -4.97. The SMILES string of the molecule is O=C(OCc1ccccc1)N1C2C=C(c3ccc(OC(F)(F)F)c(F)c3)CC1COC2. The largest absolute Gasteiger partial charge is 0.573 e. The lowest BCUT2D eigenvalue weighted by Gasteiger charge is -2.43. The summed E-state index contributed by atoms with van der Waals surface area (Å²) in [5, 5.41) is 0. The molecule has 2 bridgehead atoms. The third-order valence-corrected chi connectivity index (χ3v) is 5.14. The van der Waals surface area contributed by atoms with E-state index in [1.165, 1.54) is 6.07 Å². The Kier molecular flexibility index (Phi) is 5.86. The van der Waals surface area contributed by atoms with Crippen LogP contribution in [0, 0.1) is 5.82 Å². The second-order valence-electron chi connectivity index (χ2n) is 7.30. The van der Waals surface area contributed by atoms with Crippen molar-refractivity contribution >= 4 is 11.7 Å². The van der Waals surface area contributed by atoms with E-state index in [4.69, 9.17) is 9.47 Å². The summed E-state index contributed by atoms with van der Waals surface area (Å²) in [6.07, 6.45) is -3.33. The van der Waals surface area contributed by atoms with Crippen LogP contribution < -0.4 is 4.74 Å². The number of alkyl halides is 3. The second kappa shape index (κ2) is 8.58. The fourth-order valence-corrected chi connectivity index (χ4v) is 3.80. The van der Waals surface area contributed by atoms with E-state index in [0.717, 1.165) is 23.3 Å². The van der Waals surface area contributed by atoms with E-state index in [2.05, 4.69) is 4.74 Å². The third kappa shape index (κ3) is 4.99. The summed E-state index contributed by atoms with van der Waals surface area (Å²) in [5.74, 6) is -2.00. The molecule has 0 spiro atoms. The molecule has 2 aromatic rings. The lowest BCUT2D eigenvalue weighted by atomic mass is 9.90. The molecule has 1 amide bonds. The molecule has 9 heteroatoms. The molecule has 2 aliphatic rings. The lowest BCUT2D eigenvalue weighted by molar-refractivity contribution is -0.275. The van der Waals surface area contributed by atoms with Gasteiger partial charge in [0.25, 0.3) is 0 Å². The van der Waals surface area contributed by atoms with Crippen molar-refractivity contribution in [2.45, 2.75) is 31.5 Å². The topological polar surface area (TPSA) is 48.0 Å². The highest BCUT2D eigenvalue weighted by molar-refractivity contribution is 5.74. The van der Waals surface area contributed by atoms with Crippen LogP contribution in [0.2, 0.25) is 0 Å². The molecule has 164 valence electrons. The van der Waals surface area contributed by atoms with Crippen molar-refractivity contribution in [2.75, 3.05) is 13.2 Å². The number of hydrogen-bond acceptors (Lipinski definition) is 4. The number of nitrogens with zero attached hydrogens (tertiary/aromatic N) is 1. The predicted octanol–water partition coefficient (Wildman–Crippen LogP) is 4.92. The second-order valence-corrected chi connectivity index (χ2v) is 7.30. The summed E-state index contributed by atoms with van der Waals surface area (Å²) < 4.78 is 65.9. The van der Waals surface area contributed by atoms with Gasteiger partial charge in [0.05, 0.1) is 25.3 Å². The van der Waals surface area contributed by atoms with Gasteiger partial charge in [0.15, 0.2) is 11.6 Å². The Balaban J connectivity index is 1.49. The highest BCUT2D eigenvalue weighted by Gasteiger charge is 2.39. The summed E-state index contributed by atoms with van der Waals surface area (Å²) in [6.45, 7) is 0.670. The number of morpholine rings is 1. The van der Waals surface area contributed by atoms with E-state index in [1.807, 2.05) is 30.3 Å². The van der Waals surface area contributed by atoms with Gasteiger partial charge < -0.3 is 14.2 Å². The lowest BCUT2D eigenvalue weighted by Crippen LogP contribution is -2.56. The van der Waals surface area contributed by atoms with Gasteiger partial charge in [-0.05, 0) is 35.3 Å². The van der Waals surface area contributed by atoms with E-state index >= 15 is 0 Å². The van der Waals surface area contributed by atoms with E-state index in [1.54, 1.807) is 11.0 Å². The molecular formula is C22H19F4NO4. The zero-order chi connectivity index (χ0) is 22.0. The number of carbonyl (C=O) groups is 1. The van der Waals surface area contributed by atoms with Crippen molar-refractivity contribution in [3.05, 3.63) is 71.6 Å². The van der Waals surface area contributed by atoms with Gasteiger partial charge in [-0.1, -0.05) is 42.5 Å². The number of hydrogen-bond donors (Lipinski definition) is 0. The number of ether oxygens (including phenoxy) is 3. The molecule has 2 unspecified atom stereocenters. The Bertz CT molecular complexity index is 977. The average Bonchev–Trinajstić information content (AvgIpc) is 2.72. The number of rotatable bonds is 4. The number of carbonyl (C=O) groups excluding carboxylic acids is 1. The maximum atomic E-state index is 14.1. The van der Waals surface area contributed by atoms with Gasteiger partial charge in [0.1, 0.15) is 6.61 Å². The van der Waals surface area contributed by atoms with Crippen LogP contribution >= 0.6 is 0 Å². The molecule has 2 aliphatic heterocycles. The summed E-state index contributed by atoms with van der Waals surface area (Å²) in [4.78, 5) is 14.3. The summed E-state index contributed by atoms with van der Waals surface area (Å²) in [7, 11) is 0. The number of halogens is 4. The maximum Gasteiger partial charge on any atom is 0.573 e. The van der Waals surface area contributed by atoms with Crippen molar-refractivity contribution in [3.63, 3.8) is 0 Å². The van der Waals surface area contributed by atoms with Crippen LogP contribution in [0.3, 0.4) is 0 Å². The summed E-state index contributed by atoms with van der Waals surface area (Å²) in [5.41, 5.74) is 2.02.